The molecule has 0 fully saturated rings. The van der Waals surface area contributed by atoms with E-state index in [1.54, 1.807) is 12.1 Å². The fourth-order valence-corrected chi connectivity index (χ4v) is 1.76. The first kappa shape index (κ1) is 12.7. The molecule has 2 aromatic carbocycles. The van der Waals surface area contributed by atoms with Crippen LogP contribution in [0.5, 0.6) is 0 Å². The third-order valence-corrected chi connectivity index (χ3v) is 2.88. The molecule has 1 atom stereocenters. The van der Waals surface area contributed by atoms with E-state index in [0.717, 1.165) is 11.1 Å². The first-order valence-electron chi connectivity index (χ1n) is 5.71. The lowest BCUT2D eigenvalue weighted by Gasteiger charge is -2.10. The second kappa shape index (κ2) is 5.27. The second-order valence-electron chi connectivity index (χ2n) is 4.27. The summed E-state index contributed by atoms with van der Waals surface area (Å²) in [6.45, 7) is 2.01. The lowest BCUT2D eigenvalue weighted by atomic mass is 10.0. The molecule has 0 amide bonds. The zero-order chi connectivity index (χ0) is 13.1. The van der Waals surface area contributed by atoms with Gasteiger partial charge >= 0.3 is 0 Å². The Bertz CT molecular complexity index is 503. The number of alkyl halides is 2. The number of aliphatic hydroxyl groups excluding tert-OH is 1. The van der Waals surface area contributed by atoms with Crippen LogP contribution in [-0.4, -0.2) is 11.5 Å². The number of rotatable bonds is 3. The van der Waals surface area contributed by atoms with Crippen molar-refractivity contribution >= 4 is 0 Å². The molecule has 0 saturated heterocycles. The van der Waals surface area contributed by atoms with Crippen molar-refractivity contribution in [2.24, 2.45) is 0 Å². The van der Waals surface area contributed by atoms with Crippen LogP contribution in [-0.2, 0) is 0 Å². The Morgan fingerprint density at radius 2 is 1.28 bits per heavy atom. The maximum Gasteiger partial charge on any atom is 0.268 e. The minimum atomic E-state index is -2.75. The van der Waals surface area contributed by atoms with Crippen molar-refractivity contribution in [1.82, 2.24) is 0 Å². The molecule has 0 aliphatic rings. The van der Waals surface area contributed by atoms with Gasteiger partial charge in [-0.3, -0.25) is 0 Å². The molecule has 0 heterocycles. The van der Waals surface area contributed by atoms with Crippen LogP contribution >= 0.6 is 0 Å². The molecule has 0 aliphatic heterocycles. The van der Waals surface area contributed by atoms with Gasteiger partial charge < -0.3 is 5.11 Å². The molecule has 94 valence electrons. The summed E-state index contributed by atoms with van der Waals surface area (Å²) in [5.41, 5.74) is 3.38. The highest BCUT2D eigenvalue weighted by atomic mass is 19.3. The van der Waals surface area contributed by atoms with Crippen LogP contribution in [0.4, 0.5) is 8.78 Å². The van der Waals surface area contributed by atoms with E-state index < -0.39 is 12.5 Å². The average molecular weight is 248 g/mol. The molecule has 0 saturated carbocycles. The molecule has 1 nitrogen and oxygen atoms in total. The molecule has 18 heavy (non-hydrogen) atoms. The van der Waals surface area contributed by atoms with E-state index in [1.165, 1.54) is 17.7 Å². The van der Waals surface area contributed by atoms with E-state index >= 15 is 0 Å². The predicted molar refractivity (Wildman–Crippen MR) is 67.6 cm³/mol. The van der Waals surface area contributed by atoms with Gasteiger partial charge in [-0.1, -0.05) is 54.1 Å². The third-order valence-electron chi connectivity index (χ3n) is 2.88. The molecular formula is C15H14F2O. The molecule has 0 spiro atoms. The topological polar surface area (TPSA) is 20.2 Å². The van der Waals surface area contributed by atoms with Crippen molar-refractivity contribution in [1.29, 1.82) is 0 Å². The summed E-state index contributed by atoms with van der Waals surface area (Å²) in [4.78, 5) is 0. The molecule has 0 unspecified atom stereocenters. The van der Waals surface area contributed by atoms with Crippen LogP contribution in [0.2, 0.25) is 0 Å². The fourth-order valence-electron chi connectivity index (χ4n) is 1.76. The summed E-state index contributed by atoms with van der Waals surface area (Å²) in [6.07, 6.45) is -4.47. The van der Waals surface area contributed by atoms with Gasteiger partial charge in [0.1, 0.15) is 6.10 Å². The number of aryl methyl sites for hydroxylation is 1. The highest BCUT2D eigenvalue weighted by molar-refractivity contribution is 5.63. The minimum Gasteiger partial charge on any atom is -0.382 e. The number of benzene rings is 2. The Kier molecular flexibility index (Phi) is 3.72. The van der Waals surface area contributed by atoms with Gasteiger partial charge in [-0.15, -0.1) is 0 Å². The quantitative estimate of drug-likeness (QED) is 0.871. The van der Waals surface area contributed by atoms with E-state index in [2.05, 4.69) is 0 Å². The average Bonchev–Trinajstić information content (AvgIpc) is 2.39. The summed E-state index contributed by atoms with van der Waals surface area (Å²) < 4.78 is 24.7. The molecule has 0 aromatic heterocycles. The predicted octanol–water partition coefficient (Wildman–Crippen LogP) is 3.96. The van der Waals surface area contributed by atoms with Crippen LogP contribution in [0.25, 0.3) is 11.1 Å². The first-order valence-corrected chi connectivity index (χ1v) is 5.71. The maximum atomic E-state index is 12.3. The molecule has 1 N–H and O–H groups in total. The Balaban J connectivity index is 2.24. The highest BCUT2D eigenvalue weighted by Crippen LogP contribution is 2.25. The number of hydrogen-bond acceptors (Lipinski definition) is 1. The van der Waals surface area contributed by atoms with E-state index in [1.807, 2.05) is 31.2 Å². The summed E-state index contributed by atoms with van der Waals surface area (Å²) in [6, 6.07) is 14.5. The molecule has 2 rings (SSSR count). The van der Waals surface area contributed by atoms with Crippen LogP contribution in [0.1, 0.15) is 17.2 Å². The molecule has 0 bridgehead atoms. The molecule has 0 aliphatic carbocycles. The third kappa shape index (κ3) is 2.74. The molecular weight excluding hydrogens is 234 g/mol. The number of halogens is 2. The standard InChI is InChI=1S/C15H14F2O/c1-10-2-4-11(5-3-10)12-6-8-13(9-7-12)14(18)15(16)17/h2-9,14-15,18H,1H3/t14-/m1/s1. The number of hydrogen-bond donors (Lipinski definition) is 1. The minimum absolute atomic E-state index is 0.237. The Hall–Kier alpha value is -1.74. The maximum absolute atomic E-state index is 12.3. The van der Waals surface area contributed by atoms with Gasteiger partial charge in [0.05, 0.1) is 0 Å². The van der Waals surface area contributed by atoms with Crippen molar-refractivity contribution in [2.75, 3.05) is 0 Å². The summed E-state index contributed by atoms with van der Waals surface area (Å²) in [5.74, 6) is 0. The zero-order valence-electron chi connectivity index (χ0n) is 9.98. The summed E-state index contributed by atoms with van der Waals surface area (Å²) >= 11 is 0. The zero-order valence-corrected chi connectivity index (χ0v) is 9.98. The van der Waals surface area contributed by atoms with Crippen molar-refractivity contribution in [2.45, 2.75) is 19.5 Å². The van der Waals surface area contributed by atoms with E-state index in [-0.39, 0.29) is 5.56 Å². The van der Waals surface area contributed by atoms with Crippen LogP contribution in [0.3, 0.4) is 0 Å². The van der Waals surface area contributed by atoms with Gasteiger partial charge in [-0.05, 0) is 23.6 Å². The van der Waals surface area contributed by atoms with Crippen molar-refractivity contribution in [3.8, 4) is 11.1 Å². The Labute approximate surface area is 105 Å². The Morgan fingerprint density at radius 1 is 0.833 bits per heavy atom. The van der Waals surface area contributed by atoms with Crippen molar-refractivity contribution in [3.05, 3.63) is 59.7 Å². The SMILES string of the molecule is Cc1ccc(-c2ccc([C@@H](O)C(F)F)cc2)cc1. The molecule has 3 heteroatoms. The smallest absolute Gasteiger partial charge is 0.268 e. The van der Waals surface area contributed by atoms with Gasteiger partial charge in [0, 0.05) is 0 Å². The van der Waals surface area contributed by atoms with Gasteiger partial charge in [0.2, 0.25) is 0 Å². The lowest BCUT2D eigenvalue weighted by molar-refractivity contribution is -0.00577. The first-order chi connectivity index (χ1) is 8.58. The largest absolute Gasteiger partial charge is 0.382 e. The van der Waals surface area contributed by atoms with Gasteiger partial charge in [-0.2, -0.15) is 0 Å². The van der Waals surface area contributed by atoms with Crippen LogP contribution in [0.15, 0.2) is 48.5 Å². The molecule has 2 aromatic rings. The Morgan fingerprint density at radius 3 is 1.72 bits per heavy atom. The van der Waals surface area contributed by atoms with Crippen LogP contribution < -0.4 is 0 Å². The van der Waals surface area contributed by atoms with E-state index in [0.29, 0.717) is 0 Å². The van der Waals surface area contributed by atoms with Gasteiger partial charge in [0.25, 0.3) is 6.43 Å². The fraction of sp³-hybridized carbons (Fsp3) is 0.200. The van der Waals surface area contributed by atoms with E-state index in [9.17, 15) is 13.9 Å². The summed E-state index contributed by atoms with van der Waals surface area (Å²) in [7, 11) is 0. The van der Waals surface area contributed by atoms with Crippen molar-refractivity contribution < 1.29 is 13.9 Å². The monoisotopic (exact) mass is 248 g/mol. The van der Waals surface area contributed by atoms with E-state index in [4.69, 9.17) is 0 Å². The molecule has 0 radical (unpaired) electrons. The summed E-state index contributed by atoms with van der Waals surface area (Å²) in [5, 5.41) is 9.25. The van der Waals surface area contributed by atoms with Crippen LogP contribution in [0, 0.1) is 6.92 Å². The normalized spacial score (nSPS) is 12.7. The van der Waals surface area contributed by atoms with Gasteiger partial charge in [-0.25, -0.2) is 8.78 Å². The second-order valence-corrected chi connectivity index (χ2v) is 4.27. The highest BCUT2D eigenvalue weighted by Gasteiger charge is 2.18. The van der Waals surface area contributed by atoms with Gasteiger partial charge in [0.15, 0.2) is 0 Å². The lowest BCUT2D eigenvalue weighted by Crippen LogP contribution is -2.07. The number of aliphatic hydroxyl groups is 1. The van der Waals surface area contributed by atoms with Crippen molar-refractivity contribution in [3.63, 3.8) is 0 Å².